The lowest BCUT2D eigenvalue weighted by atomic mass is 10.1. The van der Waals surface area contributed by atoms with Gasteiger partial charge in [0, 0.05) is 17.8 Å². The number of aromatic nitrogens is 1. The lowest BCUT2D eigenvalue weighted by Gasteiger charge is -2.25. The average Bonchev–Trinajstić information content (AvgIpc) is 2.32. The predicted octanol–water partition coefficient (Wildman–Crippen LogP) is 3.23. The fraction of sp³-hybridized carbons (Fsp3) is 0.545. The van der Waals surface area contributed by atoms with Gasteiger partial charge in [0.25, 0.3) is 6.10 Å². The zero-order chi connectivity index (χ0) is 15.6. The molecule has 0 aliphatic heterocycles. The monoisotopic (exact) mass is 302 g/mol. The van der Waals surface area contributed by atoms with Gasteiger partial charge in [-0.2, -0.15) is 26.3 Å². The molecule has 0 bridgehead atoms. The highest BCUT2D eigenvalue weighted by Crippen LogP contribution is 2.37. The van der Waals surface area contributed by atoms with E-state index in [9.17, 15) is 26.3 Å². The van der Waals surface area contributed by atoms with Gasteiger partial charge in [-0.1, -0.05) is 6.07 Å². The summed E-state index contributed by atoms with van der Waals surface area (Å²) in [5.41, 5.74) is 0.105. The Morgan fingerprint density at radius 2 is 1.70 bits per heavy atom. The third-order valence-electron chi connectivity index (χ3n) is 2.52. The van der Waals surface area contributed by atoms with Crippen molar-refractivity contribution in [2.75, 3.05) is 7.05 Å². The second-order valence-corrected chi connectivity index (χ2v) is 3.99. The van der Waals surface area contributed by atoms with Gasteiger partial charge in [0.1, 0.15) is 0 Å². The van der Waals surface area contributed by atoms with Gasteiger partial charge >= 0.3 is 12.4 Å². The van der Waals surface area contributed by atoms with Crippen molar-refractivity contribution in [2.45, 2.75) is 31.4 Å². The molecule has 0 aliphatic rings. The first kappa shape index (κ1) is 16.5. The number of pyridine rings is 1. The molecule has 20 heavy (non-hydrogen) atoms. The van der Waals surface area contributed by atoms with Crippen molar-refractivity contribution in [1.82, 2.24) is 10.3 Å². The molecule has 9 heteroatoms. The first-order chi connectivity index (χ1) is 9.07. The summed E-state index contributed by atoms with van der Waals surface area (Å²) in [6.07, 6.45) is -14.0. The van der Waals surface area contributed by atoms with E-state index in [2.05, 4.69) is 15.0 Å². The molecule has 1 unspecified atom stereocenters. The highest BCUT2D eigenvalue weighted by Gasteiger charge is 2.59. The number of rotatable bonds is 4. The van der Waals surface area contributed by atoms with Gasteiger partial charge in [0.15, 0.2) is 0 Å². The van der Waals surface area contributed by atoms with Crippen LogP contribution in [0.4, 0.5) is 26.3 Å². The first-order valence-electron chi connectivity index (χ1n) is 5.49. The van der Waals surface area contributed by atoms with Crippen molar-refractivity contribution >= 4 is 0 Å². The van der Waals surface area contributed by atoms with Crippen LogP contribution in [-0.2, 0) is 0 Å². The fourth-order valence-corrected chi connectivity index (χ4v) is 1.42. The summed E-state index contributed by atoms with van der Waals surface area (Å²) in [7, 11) is 1.51. The fourth-order valence-electron chi connectivity index (χ4n) is 1.42. The maximum absolute atomic E-state index is 12.4. The summed E-state index contributed by atoms with van der Waals surface area (Å²) in [5, 5.41) is 2.69. The minimum atomic E-state index is -5.57. The lowest BCUT2D eigenvalue weighted by molar-refractivity contribution is -0.300. The number of halogens is 6. The van der Waals surface area contributed by atoms with Gasteiger partial charge in [-0.25, -0.2) is 4.98 Å². The number of nitrogens with zero attached hydrogens (tertiary/aromatic N) is 1. The van der Waals surface area contributed by atoms with Crippen LogP contribution in [0.25, 0.3) is 0 Å². The third kappa shape index (κ3) is 3.99. The molecule has 0 spiro atoms. The highest BCUT2D eigenvalue weighted by atomic mass is 19.4. The molecule has 0 fully saturated rings. The Hall–Kier alpha value is -1.51. The Morgan fingerprint density at radius 1 is 1.15 bits per heavy atom. The predicted molar refractivity (Wildman–Crippen MR) is 58.2 cm³/mol. The van der Waals surface area contributed by atoms with Gasteiger partial charge in [0.05, 0.1) is 0 Å². The second-order valence-electron chi connectivity index (χ2n) is 3.99. The van der Waals surface area contributed by atoms with Crippen LogP contribution in [0.2, 0.25) is 0 Å². The highest BCUT2D eigenvalue weighted by molar-refractivity contribution is 5.28. The van der Waals surface area contributed by atoms with E-state index in [0.29, 0.717) is 0 Å². The Labute approximate surface area is 110 Å². The van der Waals surface area contributed by atoms with E-state index in [1.807, 2.05) is 0 Å². The Morgan fingerprint density at radius 3 is 2.15 bits per heavy atom. The summed E-state index contributed by atoms with van der Waals surface area (Å²) >= 11 is 0. The maximum Gasteiger partial charge on any atom is 0.434 e. The maximum atomic E-state index is 12.4. The van der Waals surface area contributed by atoms with Crippen molar-refractivity contribution in [3.8, 4) is 5.88 Å². The van der Waals surface area contributed by atoms with Gasteiger partial charge in [-0.15, -0.1) is 0 Å². The van der Waals surface area contributed by atoms with Gasteiger partial charge < -0.3 is 10.1 Å². The molecule has 0 saturated carbocycles. The third-order valence-corrected chi connectivity index (χ3v) is 2.52. The van der Waals surface area contributed by atoms with Crippen LogP contribution >= 0.6 is 0 Å². The summed E-state index contributed by atoms with van der Waals surface area (Å²) in [6.45, 7) is 1.56. The molecule has 114 valence electrons. The minimum Gasteiger partial charge on any atom is -0.454 e. The molecule has 0 radical (unpaired) electrons. The molecular formula is C11H12F6N2O. The molecule has 1 aromatic heterocycles. The molecule has 0 aliphatic carbocycles. The van der Waals surface area contributed by atoms with E-state index in [1.54, 1.807) is 6.92 Å². The number of ether oxygens (including phenoxy) is 1. The van der Waals surface area contributed by atoms with Crippen LogP contribution in [0, 0.1) is 0 Å². The smallest absolute Gasteiger partial charge is 0.434 e. The van der Waals surface area contributed by atoms with E-state index in [0.717, 1.165) is 6.20 Å². The molecule has 1 aromatic rings. The van der Waals surface area contributed by atoms with Crippen molar-refractivity contribution in [3.63, 3.8) is 0 Å². The molecule has 0 amide bonds. The second kappa shape index (κ2) is 5.86. The molecule has 0 saturated heterocycles. The largest absolute Gasteiger partial charge is 0.454 e. The standard InChI is InChI=1S/C11H12F6N2O/c1-6(18-2)7-4-3-5-19-8(7)20-9(10(12,13)14)11(15,16)17/h3-6,9,18H,1-2H3. The summed E-state index contributed by atoms with van der Waals surface area (Å²) < 4.78 is 78.7. The van der Waals surface area contributed by atoms with Gasteiger partial charge in [0.2, 0.25) is 5.88 Å². The number of hydrogen-bond acceptors (Lipinski definition) is 3. The zero-order valence-electron chi connectivity index (χ0n) is 10.5. The summed E-state index contributed by atoms with van der Waals surface area (Å²) in [5.74, 6) is -0.700. The number of nitrogens with one attached hydrogen (secondary N) is 1. The van der Waals surface area contributed by atoms with Crippen molar-refractivity contribution in [1.29, 1.82) is 0 Å². The van der Waals surface area contributed by atoms with Crippen LogP contribution in [-0.4, -0.2) is 30.5 Å². The van der Waals surface area contributed by atoms with Crippen molar-refractivity contribution in [2.24, 2.45) is 0 Å². The van der Waals surface area contributed by atoms with Crippen LogP contribution in [0.15, 0.2) is 18.3 Å². The molecule has 1 heterocycles. The van der Waals surface area contributed by atoms with Gasteiger partial charge in [-0.3, -0.25) is 0 Å². The van der Waals surface area contributed by atoms with E-state index in [4.69, 9.17) is 0 Å². The molecule has 1 atom stereocenters. The minimum absolute atomic E-state index is 0.105. The Bertz CT molecular complexity index is 431. The van der Waals surface area contributed by atoms with E-state index >= 15 is 0 Å². The molecule has 3 nitrogen and oxygen atoms in total. The van der Waals surface area contributed by atoms with E-state index < -0.39 is 30.4 Å². The van der Waals surface area contributed by atoms with E-state index in [-0.39, 0.29) is 5.56 Å². The van der Waals surface area contributed by atoms with E-state index in [1.165, 1.54) is 19.2 Å². The summed E-state index contributed by atoms with van der Waals surface area (Å²) in [6, 6.07) is 2.22. The topological polar surface area (TPSA) is 34.2 Å². The van der Waals surface area contributed by atoms with Crippen molar-refractivity contribution < 1.29 is 31.1 Å². The van der Waals surface area contributed by atoms with Crippen LogP contribution in [0.5, 0.6) is 5.88 Å². The van der Waals surface area contributed by atoms with Crippen LogP contribution in [0.1, 0.15) is 18.5 Å². The Balaban J connectivity index is 3.13. The molecule has 1 rings (SSSR count). The lowest BCUT2D eigenvalue weighted by Crippen LogP contribution is -2.47. The Kier molecular flexibility index (Phi) is 4.85. The molecule has 1 N–H and O–H groups in total. The normalized spacial score (nSPS) is 14.4. The first-order valence-corrected chi connectivity index (χ1v) is 5.49. The van der Waals surface area contributed by atoms with Crippen molar-refractivity contribution in [3.05, 3.63) is 23.9 Å². The number of alkyl halides is 6. The quantitative estimate of drug-likeness (QED) is 0.867. The van der Waals surface area contributed by atoms with Crippen LogP contribution in [0.3, 0.4) is 0 Å². The van der Waals surface area contributed by atoms with Gasteiger partial charge in [-0.05, 0) is 20.0 Å². The molecule has 0 aromatic carbocycles. The van der Waals surface area contributed by atoms with Crippen LogP contribution < -0.4 is 10.1 Å². The SMILES string of the molecule is CNC(C)c1cccnc1OC(C(F)(F)F)C(F)(F)F. The average molecular weight is 302 g/mol. The number of hydrogen-bond donors (Lipinski definition) is 1. The molecular weight excluding hydrogens is 290 g/mol. The zero-order valence-corrected chi connectivity index (χ0v) is 10.5. The summed E-state index contributed by atoms with van der Waals surface area (Å²) in [4.78, 5) is 3.45.